The van der Waals surface area contributed by atoms with Gasteiger partial charge in [-0.05, 0) is 24.1 Å². The second kappa shape index (κ2) is 3.67. The maximum atomic E-state index is 10.8. The molecule has 0 saturated carbocycles. The molecule has 0 radical (unpaired) electrons. The van der Waals surface area contributed by atoms with Crippen molar-refractivity contribution in [1.29, 1.82) is 0 Å². The van der Waals surface area contributed by atoms with Gasteiger partial charge in [-0.1, -0.05) is 19.1 Å². The largest absolute Gasteiger partial charge is 0.508 e. The molecule has 1 aromatic carbocycles. The number of phenolic OH excluding ortho intramolecular Hbond substituents is 1. The summed E-state index contributed by atoms with van der Waals surface area (Å²) in [6.07, 6.45) is 0.0765. The first-order valence-corrected chi connectivity index (χ1v) is 4.26. The van der Waals surface area contributed by atoms with Gasteiger partial charge in [-0.3, -0.25) is 0 Å². The highest BCUT2D eigenvalue weighted by Crippen LogP contribution is 2.26. The summed E-state index contributed by atoms with van der Waals surface area (Å²) in [5, 5.41) is 27.6. The van der Waals surface area contributed by atoms with Gasteiger partial charge in [0.15, 0.2) is 5.60 Å². The number of hydrogen-bond acceptors (Lipinski definition) is 3. The number of benzene rings is 1. The minimum absolute atomic E-state index is 0.0394. The van der Waals surface area contributed by atoms with E-state index in [9.17, 15) is 9.90 Å². The Bertz CT molecular complexity index is 330. The van der Waals surface area contributed by atoms with E-state index in [0.29, 0.717) is 0 Å². The van der Waals surface area contributed by atoms with Crippen LogP contribution < -0.4 is 0 Å². The lowest BCUT2D eigenvalue weighted by Crippen LogP contribution is -2.34. The number of hydrogen-bond donors (Lipinski definition) is 3. The third-order valence-corrected chi connectivity index (χ3v) is 2.21. The average Bonchev–Trinajstić information content (AvgIpc) is 2.17. The van der Waals surface area contributed by atoms with Crippen molar-refractivity contribution >= 4 is 5.97 Å². The smallest absolute Gasteiger partial charge is 0.340 e. The summed E-state index contributed by atoms with van der Waals surface area (Å²) in [6, 6.07) is 5.48. The summed E-state index contributed by atoms with van der Waals surface area (Å²) < 4.78 is 0. The minimum atomic E-state index is -1.87. The fourth-order valence-corrected chi connectivity index (χ4v) is 1.22. The third kappa shape index (κ3) is 1.70. The van der Waals surface area contributed by atoms with Gasteiger partial charge in [0.05, 0.1) is 0 Å². The molecule has 0 spiro atoms. The Hall–Kier alpha value is -1.55. The molecule has 0 aliphatic heterocycles. The molecule has 0 bridgehead atoms. The highest BCUT2D eigenvalue weighted by molar-refractivity contribution is 5.79. The third-order valence-electron chi connectivity index (χ3n) is 2.21. The normalized spacial score (nSPS) is 14.7. The molecule has 0 heterocycles. The molecule has 0 fully saturated rings. The Morgan fingerprint density at radius 1 is 1.36 bits per heavy atom. The maximum Gasteiger partial charge on any atom is 0.340 e. The van der Waals surface area contributed by atoms with Crippen LogP contribution in [0.3, 0.4) is 0 Å². The predicted molar refractivity (Wildman–Crippen MR) is 49.9 cm³/mol. The molecule has 4 heteroatoms. The van der Waals surface area contributed by atoms with Crippen molar-refractivity contribution in [3.8, 4) is 5.75 Å². The summed E-state index contributed by atoms with van der Waals surface area (Å²) >= 11 is 0. The van der Waals surface area contributed by atoms with Crippen molar-refractivity contribution < 1.29 is 20.1 Å². The van der Waals surface area contributed by atoms with E-state index in [1.807, 2.05) is 0 Å². The number of aliphatic hydroxyl groups is 1. The number of carboxylic acids is 1. The summed E-state index contributed by atoms with van der Waals surface area (Å²) in [4.78, 5) is 10.8. The van der Waals surface area contributed by atoms with Crippen molar-refractivity contribution in [3.05, 3.63) is 29.8 Å². The molecular formula is C10H12O4. The van der Waals surface area contributed by atoms with Crippen LogP contribution in [0.25, 0.3) is 0 Å². The number of carboxylic acid groups (broad SMARTS) is 1. The summed E-state index contributed by atoms with van der Waals surface area (Å²) in [7, 11) is 0. The van der Waals surface area contributed by atoms with E-state index in [0.717, 1.165) is 0 Å². The van der Waals surface area contributed by atoms with Crippen LogP contribution in [0.2, 0.25) is 0 Å². The van der Waals surface area contributed by atoms with E-state index in [1.165, 1.54) is 24.3 Å². The second-order valence-electron chi connectivity index (χ2n) is 3.07. The van der Waals surface area contributed by atoms with Crippen molar-refractivity contribution in [2.24, 2.45) is 0 Å². The van der Waals surface area contributed by atoms with Gasteiger partial charge in [0.1, 0.15) is 5.75 Å². The molecule has 1 atom stereocenters. The van der Waals surface area contributed by atoms with Crippen LogP contribution in [0.5, 0.6) is 5.75 Å². The molecule has 14 heavy (non-hydrogen) atoms. The predicted octanol–water partition coefficient (Wildman–Crippen LogP) is 1.07. The molecule has 4 nitrogen and oxygen atoms in total. The van der Waals surface area contributed by atoms with Crippen LogP contribution in [0.15, 0.2) is 24.3 Å². The molecular weight excluding hydrogens is 184 g/mol. The lowest BCUT2D eigenvalue weighted by molar-refractivity contribution is -0.160. The van der Waals surface area contributed by atoms with Crippen LogP contribution in [0, 0.1) is 0 Å². The molecule has 76 valence electrons. The molecule has 0 aliphatic carbocycles. The lowest BCUT2D eigenvalue weighted by Gasteiger charge is -2.21. The first-order chi connectivity index (χ1) is 6.50. The molecule has 3 N–H and O–H groups in total. The van der Waals surface area contributed by atoms with Crippen molar-refractivity contribution in [2.45, 2.75) is 18.9 Å². The SMILES string of the molecule is CCC(O)(C(=O)O)c1ccc(O)cc1. The zero-order valence-electron chi connectivity index (χ0n) is 7.77. The van der Waals surface area contributed by atoms with E-state index in [-0.39, 0.29) is 17.7 Å². The number of carbonyl (C=O) groups is 1. The van der Waals surface area contributed by atoms with Gasteiger partial charge < -0.3 is 15.3 Å². The van der Waals surface area contributed by atoms with Gasteiger partial charge in [-0.2, -0.15) is 0 Å². The van der Waals surface area contributed by atoms with Gasteiger partial charge in [-0.15, -0.1) is 0 Å². The van der Waals surface area contributed by atoms with Crippen LogP contribution in [-0.2, 0) is 10.4 Å². The molecule has 0 amide bonds. The van der Waals surface area contributed by atoms with Crippen LogP contribution in [0.4, 0.5) is 0 Å². The summed E-state index contributed by atoms with van der Waals surface area (Å²) in [6.45, 7) is 1.58. The molecule has 1 rings (SSSR count). The minimum Gasteiger partial charge on any atom is -0.508 e. The fraction of sp³-hybridized carbons (Fsp3) is 0.300. The highest BCUT2D eigenvalue weighted by Gasteiger charge is 2.35. The quantitative estimate of drug-likeness (QED) is 0.675. The highest BCUT2D eigenvalue weighted by atomic mass is 16.4. The average molecular weight is 196 g/mol. The topological polar surface area (TPSA) is 77.8 Å². The lowest BCUT2D eigenvalue weighted by atomic mass is 9.91. The van der Waals surface area contributed by atoms with Crippen molar-refractivity contribution in [3.63, 3.8) is 0 Å². The van der Waals surface area contributed by atoms with Crippen molar-refractivity contribution in [1.82, 2.24) is 0 Å². The van der Waals surface area contributed by atoms with Gasteiger partial charge >= 0.3 is 5.97 Å². The zero-order valence-corrected chi connectivity index (χ0v) is 7.77. The Kier molecular flexibility index (Phi) is 2.76. The standard InChI is InChI=1S/C10H12O4/c1-2-10(14,9(12)13)7-3-5-8(11)6-4-7/h3-6,11,14H,2H2,1H3,(H,12,13). The number of aromatic hydroxyl groups is 1. The number of phenols is 1. The summed E-state index contributed by atoms with van der Waals surface area (Å²) in [5.74, 6) is -1.25. The van der Waals surface area contributed by atoms with E-state index in [1.54, 1.807) is 6.92 Å². The number of aliphatic carboxylic acids is 1. The van der Waals surface area contributed by atoms with E-state index < -0.39 is 11.6 Å². The summed E-state index contributed by atoms with van der Waals surface area (Å²) in [5.41, 5.74) is -1.60. The molecule has 0 saturated heterocycles. The van der Waals surface area contributed by atoms with Gasteiger partial charge in [-0.25, -0.2) is 4.79 Å². The van der Waals surface area contributed by atoms with Crippen LogP contribution in [0.1, 0.15) is 18.9 Å². The molecule has 0 aromatic heterocycles. The Morgan fingerprint density at radius 2 is 1.86 bits per heavy atom. The van der Waals surface area contributed by atoms with Crippen LogP contribution in [-0.4, -0.2) is 21.3 Å². The van der Waals surface area contributed by atoms with Gasteiger partial charge in [0, 0.05) is 0 Å². The Labute approximate surface area is 81.4 Å². The maximum absolute atomic E-state index is 10.8. The second-order valence-corrected chi connectivity index (χ2v) is 3.07. The Morgan fingerprint density at radius 3 is 2.21 bits per heavy atom. The van der Waals surface area contributed by atoms with E-state index in [2.05, 4.69) is 0 Å². The zero-order chi connectivity index (χ0) is 10.8. The molecule has 1 unspecified atom stereocenters. The Balaban J connectivity index is 3.13. The van der Waals surface area contributed by atoms with Gasteiger partial charge in [0.25, 0.3) is 0 Å². The fourth-order valence-electron chi connectivity index (χ4n) is 1.22. The monoisotopic (exact) mass is 196 g/mol. The van der Waals surface area contributed by atoms with Gasteiger partial charge in [0.2, 0.25) is 0 Å². The van der Waals surface area contributed by atoms with E-state index in [4.69, 9.17) is 10.2 Å². The van der Waals surface area contributed by atoms with Crippen LogP contribution >= 0.6 is 0 Å². The number of rotatable bonds is 3. The first kappa shape index (κ1) is 10.5. The first-order valence-electron chi connectivity index (χ1n) is 4.26. The molecule has 1 aromatic rings. The van der Waals surface area contributed by atoms with E-state index >= 15 is 0 Å². The van der Waals surface area contributed by atoms with Crippen molar-refractivity contribution in [2.75, 3.05) is 0 Å². The molecule has 0 aliphatic rings.